The lowest BCUT2D eigenvalue weighted by atomic mass is 10.1. The number of amides is 1. The van der Waals surface area contributed by atoms with Gasteiger partial charge in [-0.15, -0.1) is 0 Å². The first-order valence-electron chi connectivity index (χ1n) is 4.90. The minimum absolute atomic E-state index is 0.0477. The fraction of sp³-hybridized carbons (Fsp3) is 0.273. The Balaban J connectivity index is 2.82. The Kier molecular flexibility index (Phi) is 4.06. The molecule has 0 bridgehead atoms. The number of carbonyl (C=O) groups is 2. The molecule has 1 rings (SSSR count). The Labute approximate surface area is 97.5 Å². The molecule has 0 spiro atoms. The number of aliphatic carboxylic acids is 1. The molecule has 0 saturated heterocycles. The number of hydrogen-bond donors (Lipinski definition) is 4. The summed E-state index contributed by atoms with van der Waals surface area (Å²) < 4.78 is 0. The quantitative estimate of drug-likeness (QED) is 0.585. The molecule has 1 atom stereocenters. The first-order valence-corrected chi connectivity index (χ1v) is 4.90. The van der Waals surface area contributed by atoms with Crippen molar-refractivity contribution in [2.24, 2.45) is 0 Å². The van der Waals surface area contributed by atoms with Crippen LogP contribution in [0.5, 0.6) is 5.75 Å². The maximum absolute atomic E-state index is 11.6. The van der Waals surface area contributed by atoms with E-state index in [4.69, 9.17) is 10.2 Å². The van der Waals surface area contributed by atoms with Crippen molar-refractivity contribution in [2.75, 3.05) is 6.61 Å². The van der Waals surface area contributed by atoms with Gasteiger partial charge in [0, 0.05) is 5.56 Å². The molecule has 0 saturated carbocycles. The molecular formula is C11H13NO5. The lowest BCUT2D eigenvalue weighted by Crippen LogP contribution is -2.43. The maximum atomic E-state index is 11.6. The molecule has 1 amide bonds. The van der Waals surface area contributed by atoms with Gasteiger partial charge in [-0.05, 0) is 24.6 Å². The predicted molar refractivity (Wildman–Crippen MR) is 58.8 cm³/mol. The van der Waals surface area contributed by atoms with Crippen LogP contribution in [-0.2, 0) is 4.79 Å². The molecule has 17 heavy (non-hydrogen) atoms. The number of benzene rings is 1. The van der Waals surface area contributed by atoms with Crippen LogP contribution >= 0.6 is 0 Å². The van der Waals surface area contributed by atoms with Crippen molar-refractivity contribution in [1.29, 1.82) is 0 Å². The summed E-state index contributed by atoms with van der Waals surface area (Å²) in [6, 6.07) is 2.88. The number of phenolic OH excluding ortho intramolecular Hbond substituents is 1. The van der Waals surface area contributed by atoms with Gasteiger partial charge in [-0.2, -0.15) is 0 Å². The Morgan fingerprint density at radius 3 is 2.53 bits per heavy atom. The van der Waals surface area contributed by atoms with Gasteiger partial charge < -0.3 is 20.6 Å². The van der Waals surface area contributed by atoms with E-state index in [1.165, 1.54) is 12.1 Å². The summed E-state index contributed by atoms with van der Waals surface area (Å²) in [5.41, 5.74) is 0.742. The summed E-state index contributed by atoms with van der Waals surface area (Å²) in [7, 11) is 0. The molecule has 0 unspecified atom stereocenters. The monoisotopic (exact) mass is 239 g/mol. The third-order valence-corrected chi connectivity index (χ3v) is 2.26. The summed E-state index contributed by atoms with van der Waals surface area (Å²) in [4.78, 5) is 22.2. The number of phenols is 1. The maximum Gasteiger partial charge on any atom is 0.328 e. The van der Waals surface area contributed by atoms with E-state index in [0.717, 1.165) is 0 Å². The number of aryl methyl sites for hydroxylation is 1. The zero-order chi connectivity index (χ0) is 13.0. The van der Waals surface area contributed by atoms with Crippen molar-refractivity contribution < 1.29 is 24.9 Å². The minimum atomic E-state index is -1.36. The first-order chi connectivity index (χ1) is 7.95. The van der Waals surface area contributed by atoms with Gasteiger partial charge in [0.1, 0.15) is 5.75 Å². The van der Waals surface area contributed by atoms with E-state index in [0.29, 0.717) is 5.56 Å². The van der Waals surface area contributed by atoms with Gasteiger partial charge in [-0.3, -0.25) is 4.79 Å². The van der Waals surface area contributed by atoms with E-state index >= 15 is 0 Å². The molecule has 1 aromatic carbocycles. The predicted octanol–water partition coefficient (Wildman–Crippen LogP) is -0.124. The normalized spacial score (nSPS) is 11.9. The van der Waals surface area contributed by atoms with Crippen molar-refractivity contribution in [3.05, 3.63) is 29.3 Å². The molecule has 6 heteroatoms. The summed E-state index contributed by atoms with van der Waals surface area (Å²) in [6.07, 6.45) is 0. The molecule has 0 radical (unpaired) electrons. The average Bonchev–Trinajstić information content (AvgIpc) is 2.28. The van der Waals surface area contributed by atoms with E-state index in [2.05, 4.69) is 5.32 Å². The minimum Gasteiger partial charge on any atom is -0.508 e. The molecule has 0 heterocycles. The standard InChI is InChI=1S/C11H13NO5/c1-6-2-3-7(4-9(6)14)10(15)12-8(5-13)11(16)17/h2-4,8,13-14H,5H2,1H3,(H,12,15)(H,16,17)/t8-/m0/s1. The number of carboxylic acids is 1. The van der Waals surface area contributed by atoms with Gasteiger partial charge in [0.2, 0.25) is 0 Å². The third-order valence-electron chi connectivity index (χ3n) is 2.26. The average molecular weight is 239 g/mol. The second-order valence-corrected chi connectivity index (χ2v) is 3.55. The topological polar surface area (TPSA) is 107 Å². The van der Waals surface area contributed by atoms with Crippen molar-refractivity contribution in [1.82, 2.24) is 5.32 Å². The lowest BCUT2D eigenvalue weighted by Gasteiger charge is -2.11. The Morgan fingerprint density at radius 1 is 1.41 bits per heavy atom. The number of rotatable bonds is 4. The van der Waals surface area contributed by atoms with Crippen LogP contribution in [0.15, 0.2) is 18.2 Å². The number of hydrogen-bond acceptors (Lipinski definition) is 4. The molecule has 0 fully saturated rings. The molecule has 0 aliphatic rings. The lowest BCUT2D eigenvalue weighted by molar-refractivity contribution is -0.140. The fourth-order valence-corrected chi connectivity index (χ4v) is 1.18. The highest BCUT2D eigenvalue weighted by atomic mass is 16.4. The second kappa shape index (κ2) is 5.31. The number of aliphatic hydroxyl groups is 1. The van der Waals surface area contributed by atoms with Gasteiger partial charge >= 0.3 is 5.97 Å². The number of carbonyl (C=O) groups excluding carboxylic acids is 1. The third kappa shape index (κ3) is 3.18. The van der Waals surface area contributed by atoms with E-state index in [1.54, 1.807) is 13.0 Å². The zero-order valence-corrected chi connectivity index (χ0v) is 9.17. The van der Waals surface area contributed by atoms with Crippen LogP contribution in [0.3, 0.4) is 0 Å². The molecule has 4 N–H and O–H groups in total. The molecule has 1 aromatic rings. The van der Waals surface area contributed by atoms with Crippen molar-refractivity contribution in [3.63, 3.8) is 0 Å². The summed E-state index contributed by atoms with van der Waals surface area (Å²) in [6.45, 7) is 0.976. The van der Waals surface area contributed by atoms with Gasteiger partial charge in [0.15, 0.2) is 6.04 Å². The summed E-state index contributed by atoms with van der Waals surface area (Å²) >= 11 is 0. The molecule has 0 aliphatic carbocycles. The van der Waals surface area contributed by atoms with Gasteiger partial charge in [-0.1, -0.05) is 6.07 Å². The van der Waals surface area contributed by atoms with Crippen molar-refractivity contribution in [2.45, 2.75) is 13.0 Å². The highest BCUT2D eigenvalue weighted by Crippen LogP contribution is 2.17. The van der Waals surface area contributed by atoms with Crippen LogP contribution in [0.4, 0.5) is 0 Å². The van der Waals surface area contributed by atoms with Gasteiger partial charge in [0.05, 0.1) is 6.61 Å². The van der Waals surface area contributed by atoms with Crippen molar-refractivity contribution in [3.8, 4) is 5.75 Å². The second-order valence-electron chi connectivity index (χ2n) is 3.55. The van der Waals surface area contributed by atoms with Gasteiger partial charge in [-0.25, -0.2) is 4.79 Å². The molecular weight excluding hydrogens is 226 g/mol. The van der Waals surface area contributed by atoms with Crippen LogP contribution in [0.2, 0.25) is 0 Å². The molecule has 6 nitrogen and oxygen atoms in total. The van der Waals surface area contributed by atoms with Crippen molar-refractivity contribution >= 4 is 11.9 Å². The first kappa shape index (κ1) is 13.0. The number of aromatic hydroxyl groups is 1. The number of carboxylic acid groups (broad SMARTS) is 1. The van der Waals surface area contributed by atoms with Crippen LogP contribution in [-0.4, -0.2) is 39.8 Å². The van der Waals surface area contributed by atoms with E-state index in [1.807, 2.05) is 0 Å². The van der Waals surface area contributed by atoms with E-state index < -0.39 is 24.5 Å². The molecule has 92 valence electrons. The smallest absolute Gasteiger partial charge is 0.328 e. The summed E-state index contributed by atoms with van der Waals surface area (Å²) in [5.74, 6) is -2.03. The highest BCUT2D eigenvalue weighted by molar-refractivity contribution is 5.97. The van der Waals surface area contributed by atoms with Crippen LogP contribution in [0.1, 0.15) is 15.9 Å². The Bertz CT molecular complexity index is 443. The largest absolute Gasteiger partial charge is 0.508 e. The van der Waals surface area contributed by atoms with Crippen LogP contribution in [0.25, 0.3) is 0 Å². The van der Waals surface area contributed by atoms with Crippen LogP contribution in [0, 0.1) is 6.92 Å². The Hall–Kier alpha value is -2.08. The summed E-state index contributed by atoms with van der Waals surface area (Å²) in [5, 5.41) is 28.9. The zero-order valence-electron chi connectivity index (χ0n) is 9.17. The highest BCUT2D eigenvalue weighted by Gasteiger charge is 2.19. The SMILES string of the molecule is Cc1ccc(C(=O)N[C@@H](CO)C(=O)O)cc1O. The molecule has 0 aliphatic heterocycles. The van der Waals surface area contributed by atoms with Gasteiger partial charge in [0.25, 0.3) is 5.91 Å². The molecule has 0 aromatic heterocycles. The fourth-order valence-electron chi connectivity index (χ4n) is 1.18. The van der Waals surface area contributed by atoms with E-state index in [-0.39, 0.29) is 11.3 Å². The number of aliphatic hydroxyl groups excluding tert-OH is 1. The van der Waals surface area contributed by atoms with E-state index in [9.17, 15) is 14.7 Å². The number of nitrogens with one attached hydrogen (secondary N) is 1. The van der Waals surface area contributed by atoms with Crippen LogP contribution < -0.4 is 5.32 Å². The Morgan fingerprint density at radius 2 is 2.06 bits per heavy atom.